The number of ether oxygens (including phenoxy) is 2. The summed E-state index contributed by atoms with van der Waals surface area (Å²) < 4.78 is 11.1. The average molecular weight is 263 g/mol. The lowest BCUT2D eigenvalue weighted by Gasteiger charge is -2.10. The molecular formula is C16H25NO2. The first-order chi connectivity index (χ1) is 9.24. The summed E-state index contributed by atoms with van der Waals surface area (Å²) in [5, 5.41) is 3.42. The van der Waals surface area contributed by atoms with Gasteiger partial charge in [-0.1, -0.05) is 38.1 Å². The van der Waals surface area contributed by atoms with Crippen molar-refractivity contribution in [2.24, 2.45) is 5.92 Å². The summed E-state index contributed by atoms with van der Waals surface area (Å²) >= 11 is 0. The molecule has 1 N–H and O–H groups in total. The van der Waals surface area contributed by atoms with E-state index in [9.17, 15) is 0 Å². The molecule has 0 saturated carbocycles. The molecule has 3 nitrogen and oxygen atoms in total. The van der Waals surface area contributed by atoms with Gasteiger partial charge >= 0.3 is 0 Å². The molecule has 1 unspecified atom stereocenters. The van der Waals surface area contributed by atoms with E-state index in [-0.39, 0.29) is 0 Å². The first-order valence-electron chi connectivity index (χ1n) is 7.20. The minimum Gasteiger partial charge on any atom is -0.381 e. The normalized spacial score (nSPS) is 19.2. The van der Waals surface area contributed by atoms with Gasteiger partial charge in [-0.15, -0.1) is 0 Å². The van der Waals surface area contributed by atoms with Crippen molar-refractivity contribution >= 4 is 0 Å². The highest BCUT2D eigenvalue weighted by molar-refractivity contribution is 5.21. The first-order valence-corrected chi connectivity index (χ1v) is 7.20. The van der Waals surface area contributed by atoms with E-state index < -0.39 is 0 Å². The van der Waals surface area contributed by atoms with Gasteiger partial charge in [-0.2, -0.15) is 0 Å². The summed E-state index contributed by atoms with van der Waals surface area (Å²) in [6, 6.07) is 9.18. The van der Waals surface area contributed by atoms with Crippen LogP contribution in [-0.2, 0) is 22.6 Å². The Morgan fingerprint density at radius 2 is 2.00 bits per heavy atom. The number of hydrogen-bond donors (Lipinski definition) is 1. The van der Waals surface area contributed by atoms with E-state index in [1.807, 2.05) is 0 Å². The van der Waals surface area contributed by atoms with Crippen LogP contribution < -0.4 is 5.32 Å². The lowest BCUT2D eigenvalue weighted by atomic mass is 10.1. The highest BCUT2D eigenvalue weighted by Crippen LogP contribution is 2.13. The SMILES string of the molecule is CC(C)NCc1ccc(COCC2CCOC2)cc1. The van der Waals surface area contributed by atoms with Crippen molar-refractivity contribution in [3.05, 3.63) is 35.4 Å². The Morgan fingerprint density at radius 1 is 1.26 bits per heavy atom. The molecule has 1 aromatic rings. The van der Waals surface area contributed by atoms with Crippen molar-refractivity contribution in [3.63, 3.8) is 0 Å². The van der Waals surface area contributed by atoms with Gasteiger partial charge in [-0.3, -0.25) is 0 Å². The predicted octanol–water partition coefficient (Wildman–Crippen LogP) is 2.74. The molecule has 0 aromatic heterocycles. The summed E-state index contributed by atoms with van der Waals surface area (Å²) in [4.78, 5) is 0. The monoisotopic (exact) mass is 263 g/mol. The lowest BCUT2D eigenvalue weighted by Crippen LogP contribution is -2.21. The van der Waals surface area contributed by atoms with Gasteiger partial charge in [0.2, 0.25) is 0 Å². The third-order valence-corrected chi connectivity index (χ3v) is 3.38. The molecule has 0 bridgehead atoms. The van der Waals surface area contributed by atoms with Crippen LogP contribution in [0, 0.1) is 5.92 Å². The maximum atomic E-state index is 5.75. The van der Waals surface area contributed by atoms with Crippen molar-refractivity contribution in [2.75, 3.05) is 19.8 Å². The maximum Gasteiger partial charge on any atom is 0.0717 e. The fourth-order valence-electron chi connectivity index (χ4n) is 2.13. The molecule has 106 valence electrons. The van der Waals surface area contributed by atoms with Gasteiger partial charge in [0.05, 0.1) is 19.8 Å². The van der Waals surface area contributed by atoms with Gasteiger partial charge in [0, 0.05) is 25.1 Å². The van der Waals surface area contributed by atoms with Crippen LogP contribution in [0.15, 0.2) is 24.3 Å². The Hall–Kier alpha value is -0.900. The molecule has 1 atom stereocenters. The second kappa shape index (κ2) is 7.63. The number of benzene rings is 1. The van der Waals surface area contributed by atoms with Crippen LogP contribution in [0.5, 0.6) is 0 Å². The first kappa shape index (κ1) is 14.5. The molecule has 19 heavy (non-hydrogen) atoms. The molecule has 2 rings (SSSR count). The predicted molar refractivity (Wildman–Crippen MR) is 77.0 cm³/mol. The molecular weight excluding hydrogens is 238 g/mol. The summed E-state index contributed by atoms with van der Waals surface area (Å²) in [6.45, 7) is 8.53. The highest BCUT2D eigenvalue weighted by Gasteiger charge is 2.15. The number of nitrogens with one attached hydrogen (secondary N) is 1. The Bertz CT molecular complexity index is 356. The zero-order chi connectivity index (χ0) is 13.5. The Kier molecular flexibility index (Phi) is 5.83. The zero-order valence-corrected chi connectivity index (χ0v) is 12.0. The van der Waals surface area contributed by atoms with Crippen LogP contribution in [0.25, 0.3) is 0 Å². The molecule has 1 heterocycles. The molecule has 0 amide bonds. The van der Waals surface area contributed by atoms with Crippen LogP contribution in [-0.4, -0.2) is 25.9 Å². The summed E-state index contributed by atoms with van der Waals surface area (Å²) in [5.74, 6) is 0.592. The third-order valence-electron chi connectivity index (χ3n) is 3.38. The quantitative estimate of drug-likeness (QED) is 0.820. The molecule has 0 radical (unpaired) electrons. The second-order valence-electron chi connectivity index (χ2n) is 5.60. The second-order valence-corrected chi connectivity index (χ2v) is 5.60. The fourth-order valence-corrected chi connectivity index (χ4v) is 2.13. The number of hydrogen-bond acceptors (Lipinski definition) is 3. The standard InChI is InChI=1S/C16H25NO2/c1-13(2)17-9-14-3-5-15(6-4-14)10-19-12-16-7-8-18-11-16/h3-6,13,16-17H,7-12H2,1-2H3. The Labute approximate surface area is 116 Å². The van der Waals surface area contributed by atoms with E-state index in [0.717, 1.165) is 32.8 Å². The highest BCUT2D eigenvalue weighted by atomic mass is 16.5. The van der Waals surface area contributed by atoms with Gasteiger partial charge < -0.3 is 14.8 Å². The average Bonchev–Trinajstić information content (AvgIpc) is 2.91. The molecule has 1 aliphatic rings. The Morgan fingerprint density at radius 3 is 2.63 bits per heavy atom. The van der Waals surface area contributed by atoms with Crippen LogP contribution in [0.2, 0.25) is 0 Å². The van der Waals surface area contributed by atoms with Gasteiger partial charge in [-0.05, 0) is 17.5 Å². The van der Waals surface area contributed by atoms with Gasteiger partial charge in [0.25, 0.3) is 0 Å². The van der Waals surface area contributed by atoms with Crippen LogP contribution in [0.1, 0.15) is 31.4 Å². The molecule has 1 saturated heterocycles. The van der Waals surface area contributed by atoms with Crippen molar-refractivity contribution < 1.29 is 9.47 Å². The van der Waals surface area contributed by atoms with Gasteiger partial charge in [-0.25, -0.2) is 0 Å². The van der Waals surface area contributed by atoms with Crippen LogP contribution in [0.3, 0.4) is 0 Å². The summed E-state index contributed by atoms with van der Waals surface area (Å²) in [5.41, 5.74) is 2.56. The minimum absolute atomic E-state index is 0.525. The molecule has 0 spiro atoms. The van der Waals surface area contributed by atoms with Gasteiger partial charge in [0.15, 0.2) is 0 Å². The van der Waals surface area contributed by atoms with Crippen molar-refractivity contribution in [2.45, 2.75) is 39.5 Å². The van der Waals surface area contributed by atoms with E-state index >= 15 is 0 Å². The van der Waals surface area contributed by atoms with Crippen LogP contribution >= 0.6 is 0 Å². The molecule has 1 aromatic carbocycles. The lowest BCUT2D eigenvalue weighted by molar-refractivity contribution is 0.0791. The van der Waals surface area contributed by atoms with Crippen LogP contribution in [0.4, 0.5) is 0 Å². The molecule has 1 aliphatic heterocycles. The molecule has 0 aliphatic carbocycles. The van der Waals surface area contributed by atoms with E-state index in [1.54, 1.807) is 0 Å². The van der Waals surface area contributed by atoms with E-state index in [0.29, 0.717) is 18.6 Å². The van der Waals surface area contributed by atoms with E-state index in [4.69, 9.17) is 9.47 Å². The van der Waals surface area contributed by atoms with Gasteiger partial charge in [0.1, 0.15) is 0 Å². The Balaban J connectivity index is 1.69. The largest absolute Gasteiger partial charge is 0.381 e. The number of rotatable bonds is 7. The summed E-state index contributed by atoms with van der Waals surface area (Å²) in [6.07, 6.45) is 1.14. The third kappa shape index (κ3) is 5.31. The minimum atomic E-state index is 0.525. The fraction of sp³-hybridized carbons (Fsp3) is 0.625. The van der Waals surface area contributed by atoms with Crippen molar-refractivity contribution in [3.8, 4) is 0 Å². The smallest absolute Gasteiger partial charge is 0.0717 e. The topological polar surface area (TPSA) is 30.5 Å². The van der Waals surface area contributed by atoms with E-state index in [1.165, 1.54) is 11.1 Å². The molecule has 1 fully saturated rings. The zero-order valence-electron chi connectivity index (χ0n) is 12.0. The summed E-state index contributed by atoms with van der Waals surface area (Å²) in [7, 11) is 0. The van der Waals surface area contributed by atoms with Crippen molar-refractivity contribution in [1.29, 1.82) is 0 Å². The maximum absolute atomic E-state index is 5.75. The van der Waals surface area contributed by atoms with E-state index in [2.05, 4.69) is 43.4 Å². The molecule has 3 heteroatoms. The van der Waals surface area contributed by atoms with Crippen molar-refractivity contribution in [1.82, 2.24) is 5.32 Å².